The molecule has 1 aliphatic rings. The summed E-state index contributed by atoms with van der Waals surface area (Å²) < 4.78 is 7.48. The molecule has 114 valence electrons. The third-order valence-electron chi connectivity index (χ3n) is 3.38. The molecule has 1 saturated heterocycles. The maximum Gasteiger partial charge on any atom is 0.191 e. The number of hydrogen-bond donors (Lipinski definition) is 1. The number of guanidine groups is 1. The van der Waals surface area contributed by atoms with Crippen molar-refractivity contribution >= 4 is 35.6 Å². The van der Waals surface area contributed by atoms with Crippen LogP contribution in [0.1, 0.15) is 12.6 Å². The van der Waals surface area contributed by atoms with Crippen molar-refractivity contribution in [2.24, 2.45) is 10.7 Å². The molecule has 0 spiro atoms. The molecule has 0 amide bonds. The Morgan fingerprint density at radius 2 is 2.38 bits per heavy atom. The van der Waals surface area contributed by atoms with Crippen LogP contribution in [0.5, 0.6) is 0 Å². The normalized spacial score (nSPS) is 19.6. The summed E-state index contributed by atoms with van der Waals surface area (Å²) in [5.41, 5.74) is 7.88. The molecule has 1 unspecified atom stereocenters. The third kappa shape index (κ3) is 3.85. The van der Waals surface area contributed by atoms with Crippen molar-refractivity contribution in [1.29, 1.82) is 0 Å². The van der Waals surface area contributed by atoms with Crippen molar-refractivity contribution in [2.45, 2.75) is 19.6 Å². The SMILES string of the molecule is CC1CN(C(N)=NCc2cn3ccccc3n2)CCO1.I. The summed E-state index contributed by atoms with van der Waals surface area (Å²) in [5.74, 6) is 0.567. The first kappa shape index (κ1) is 16.0. The monoisotopic (exact) mass is 401 g/mol. The number of aromatic nitrogens is 2. The van der Waals surface area contributed by atoms with Crippen LogP contribution in [0, 0.1) is 0 Å². The van der Waals surface area contributed by atoms with Crippen molar-refractivity contribution in [3.63, 3.8) is 0 Å². The van der Waals surface area contributed by atoms with E-state index in [0.717, 1.165) is 24.4 Å². The quantitative estimate of drug-likeness (QED) is 0.471. The summed E-state index contributed by atoms with van der Waals surface area (Å²) in [6.45, 7) is 4.83. The number of imidazole rings is 1. The van der Waals surface area contributed by atoms with E-state index in [1.807, 2.05) is 41.9 Å². The van der Waals surface area contributed by atoms with E-state index in [0.29, 0.717) is 19.1 Å². The molecule has 3 heterocycles. The zero-order valence-electron chi connectivity index (χ0n) is 12.0. The molecule has 21 heavy (non-hydrogen) atoms. The largest absolute Gasteiger partial charge is 0.375 e. The maximum absolute atomic E-state index is 6.04. The van der Waals surface area contributed by atoms with Crippen LogP contribution in [0.3, 0.4) is 0 Å². The zero-order valence-corrected chi connectivity index (χ0v) is 14.3. The van der Waals surface area contributed by atoms with Crippen molar-refractivity contribution in [3.05, 3.63) is 36.3 Å². The summed E-state index contributed by atoms with van der Waals surface area (Å²) in [6, 6.07) is 5.92. The van der Waals surface area contributed by atoms with Crippen LogP contribution in [0.25, 0.3) is 5.65 Å². The topological polar surface area (TPSA) is 68.2 Å². The number of hydrogen-bond acceptors (Lipinski definition) is 3. The van der Waals surface area contributed by atoms with E-state index in [9.17, 15) is 0 Å². The summed E-state index contributed by atoms with van der Waals surface area (Å²) in [7, 11) is 0. The lowest BCUT2D eigenvalue weighted by Gasteiger charge is -2.31. The predicted molar refractivity (Wildman–Crippen MR) is 92.9 cm³/mol. The molecule has 0 aromatic carbocycles. The van der Waals surface area contributed by atoms with Crippen LogP contribution in [-0.2, 0) is 11.3 Å². The highest BCUT2D eigenvalue weighted by Gasteiger charge is 2.17. The highest BCUT2D eigenvalue weighted by atomic mass is 127. The van der Waals surface area contributed by atoms with Gasteiger partial charge in [-0.2, -0.15) is 0 Å². The van der Waals surface area contributed by atoms with E-state index >= 15 is 0 Å². The van der Waals surface area contributed by atoms with Gasteiger partial charge in [-0.25, -0.2) is 9.98 Å². The van der Waals surface area contributed by atoms with Crippen molar-refractivity contribution in [1.82, 2.24) is 14.3 Å². The Balaban J connectivity index is 0.00000161. The van der Waals surface area contributed by atoms with Crippen LogP contribution in [0.15, 0.2) is 35.6 Å². The van der Waals surface area contributed by atoms with Gasteiger partial charge >= 0.3 is 0 Å². The van der Waals surface area contributed by atoms with Gasteiger partial charge in [0.2, 0.25) is 0 Å². The van der Waals surface area contributed by atoms with Gasteiger partial charge in [0.15, 0.2) is 5.96 Å². The number of ether oxygens (including phenoxy) is 1. The van der Waals surface area contributed by atoms with Gasteiger partial charge < -0.3 is 19.8 Å². The minimum atomic E-state index is 0. The Labute approximate surface area is 141 Å². The summed E-state index contributed by atoms with van der Waals surface area (Å²) in [5, 5.41) is 0. The molecule has 7 heteroatoms. The van der Waals surface area contributed by atoms with E-state index in [1.165, 1.54) is 0 Å². The average Bonchev–Trinajstić information content (AvgIpc) is 2.87. The number of rotatable bonds is 2. The first-order valence-electron chi connectivity index (χ1n) is 6.81. The molecule has 2 aromatic heterocycles. The van der Waals surface area contributed by atoms with Gasteiger partial charge in [0, 0.05) is 25.5 Å². The molecular weight excluding hydrogens is 381 g/mol. The van der Waals surface area contributed by atoms with Crippen LogP contribution < -0.4 is 5.73 Å². The molecule has 1 fully saturated rings. The van der Waals surface area contributed by atoms with Crippen LogP contribution >= 0.6 is 24.0 Å². The van der Waals surface area contributed by atoms with E-state index in [-0.39, 0.29) is 30.1 Å². The fourth-order valence-corrected chi connectivity index (χ4v) is 2.35. The molecular formula is C14H20IN5O. The minimum Gasteiger partial charge on any atom is -0.375 e. The van der Waals surface area contributed by atoms with E-state index in [1.54, 1.807) is 0 Å². The Bertz CT molecular complexity index is 594. The number of fused-ring (bicyclic) bond motifs is 1. The minimum absolute atomic E-state index is 0. The van der Waals surface area contributed by atoms with Gasteiger partial charge in [-0.15, -0.1) is 24.0 Å². The third-order valence-corrected chi connectivity index (χ3v) is 3.38. The number of halogens is 1. The second-order valence-electron chi connectivity index (χ2n) is 5.00. The highest BCUT2D eigenvalue weighted by molar-refractivity contribution is 14.0. The van der Waals surface area contributed by atoms with Gasteiger partial charge in [0.25, 0.3) is 0 Å². The number of morpholine rings is 1. The number of nitrogens with two attached hydrogens (primary N) is 1. The van der Waals surface area contributed by atoms with Crippen LogP contribution in [0.2, 0.25) is 0 Å². The standard InChI is InChI=1S/C14H19N5O.HI/c1-11-9-19(6-7-20-11)14(15)16-8-12-10-18-5-3-2-4-13(18)17-12;/h2-5,10-11H,6-9H2,1H3,(H2,15,16);1H. The van der Waals surface area contributed by atoms with E-state index < -0.39 is 0 Å². The Kier molecular flexibility index (Phi) is 5.40. The number of pyridine rings is 1. The van der Waals surface area contributed by atoms with Crippen molar-refractivity contribution in [2.75, 3.05) is 19.7 Å². The second-order valence-corrected chi connectivity index (χ2v) is 5.00. The molecule has 6 nitrogen and oxygen atoms in total. The molecule has 0 aliphatic carbocycles. The summed E-state index contributed by atoms with van der Waals surface area (Å²) >= 11 is 0. The van der Waals surface area contributed by atoms with Gasteiger partial charge in [0.05, 0.1) is 24.9 Å². The molecule has 1 atom stereocenters. The molecule has 2 aromatic rings. The maximum atomic E-state index is 6.04. The molecule has 3 rings (SSSR count). The van der Waals surface area contributed by atoms with Gasteiger partial charge in [-0.05, 0) is 19.1 Å². The first-order valence-corrected chi connectivity index (χ1v) is 6.81. The van der Waals surface area contributed by atoms with E-state index in [2.05, 4.69) is 14.9 Å². The lowest BCUT2D eigenvalue weighted by molar-refractivity contribution is 0.00528. The number of aliphatic imine (C=N–C) groups is 1. The zero-order chi connectivity index (χ0) is 13.9. The van der Waals surface area contributed by atoms with E-state index in [4.69, 9.17) is 10.5 Å². The van der Waals surface area contributed by atoms with Crippen molar-refractivity contribution < 1.29 is 4.74 Å². The Morgan fingerprint density at radius 1 is 1.52 bits per heavy atom. The smallest absolute Gasteiger partial charge is 0.191 e. The van der Waals surface area contributed by atoms with Crippen molar-refractivity contribution in [3.8, 4) is 0 Å². The predicted octanol–water partition coefficient (Wildman–Crippen LogP) is 1.49. The van der Waals surface area contributed by atoms with Gasteiger partial charge in [-0.3, -0.25) is 0 Å². The summed E-state index contributed by atoms with van der Waals surface area (Å²) in [6.07, 6.45) is 4.16. The van der Waals surface area contributed by atoms with Gasteiger partial charge in [0.1, 0.15) is 5.65 Å². The Morgan fingerprint density at radius 3 is 3.14 bits per heavy atom. The molecule has 2 N–H and O–H groups in total. The highest BCUT2D eigenvalue weighted by Crippen LogP contribution is 2.07. The van der Waals surface area contributed by atoms with Crippen LogP contribution in [-0.4, -0.2) is 46.0 Å². The van der Waals surface area contributed by atoms with Crippen LogP contribution in [0.4, 0.5) is 0 Å². The van der Waals surface area contributed by atoms with Gasteiger partial charge in [-0.1, -0.05) is 6.07 Å². The fourth-order valence-electron chi connectivity index (χ4n) is 2.35. The molecule has 0 saturated carbocycles. The average molecular weight is 401 g/mol. The molecule has 0 radical (unpaired) electrons. The first-order chi connectivity index (χ1) is 9.72. The molecule has 1 aliphatic heterocycles. The molecule has 0 bridgehead atoms. The lowest BCUT2D eigenvalue weighted by Crippen LogP contribution is -2.47. The lowest BCUT2D eigenvalue weighted by atomic mass is 10.3. The fraction of sp³-hybridized carbons (Fsp3) is 0.429. The number of nitrogens with zero attached hydrogens (tertiary/aromatic N) is 4. The summed E-state index contributed by atoms with van der Waals surface area (Å²) in [4.78, 5) is 11.0. The Hall–Kier alpha value is -1.35. The second kappa shape index (κ2) is 7.08.